The van der Waals surface area contributed by atoms with Crippen LogP contribution in [0, 0.1) is 0 Å². The summed E-state index contributed by atoms with van der Waals surface area (Å²) in [4.78, 5) is 10.4. The Hall–Kier alpha value is -7.30. The summed E-state index contributed by atoms with van der Waals surface area (Å²) < 4.78 is 4.65. The molecule has 0 radical (unpaired) electrons. The van der Waals surface area contributed by atoms with E-state index >= 15 is 0 Å². The number of hydrogen-bond donors (Lipinski definition) is 0. The molecule has 252 valence electrons. The molecule has 0 fully saturated rings. The molecule has 0 aliphatic heterocycles. The topological polar surface area (TPSA) is 35.6 Å². The van der Waals surface area contributed by atoms with Crippen molar-refractivity contribution in [3.05, 3.63) is 194 Å². The third-order valence-electron chi connectivity index (χ3n) is 10.7. The molecular weight excluding hydrogens is 657 g/mol. The Labute approximate surface area is 311 Å². The highest BCUT2D eigenvalue weighted by molar-refractivity contribution is 6.13. The Bertz CT molecular complexity index is 3200. The summed E-state index contributed by atoms with van der Waals surface area (Å²) in [5.41, 5.74) is 12.0. The molecule has 0 unspecified atom stereocenters. The van der Waals surface area contributed by atoms with Crippen LogP contribution in [-0.4, -0.2) is 19.1 Å². The first kappa shape index (κ1) is 30.3. The lowest BCUT2D eigenvalue weighted by molar-refractivity contribution is 1.13. The first-order chi connectivity index (χ1) is 26.8. The molecule has 0 aliphatic carbocycles. The van der Waals surface area contributed by atoms with E-state index in [4.69, 9.17) is 9.97 Å². The predicted molar refractivity (Wildman–Crippen MR) is 225 cm³/mol. The van der Waals surface area contributed by atoms with E-state index in [1.807, 2.05) is 6.07 Å². The van der Waals surface area contributed by atoms with Crippen molar-refractivity contribution in [2.45, 2.75) is 0 Å². The van der Waals surface area contributed by atoms with Gasteiger partial charge in [0.2, 0.25) is 0 Å². The Morgan fingerprint density at radius 1 is 0.370 bits per heavy atom. The molecular formula is C50H32N4. The van der Waals surface area contributed by atoms with E-state index in [1.165, 1.54) is 43.6 Å². The number of hydrogen-bond acceptors (Lipinski definition) is 2. The third kappa shape index (κ3) is 4.85. The lowest BCUT2D eigenvalue weighted by Crippen LogP contribution is -1.98. The fraction of sp³-hybridized carbons (Fsp3) is 0. The number of nitrogens with zero attached hydrogens (tertiary/aromatic N) is 4. The van der Waals surface area contributed by atoms with Gasteiger partial charge < -0.3 is 9.13 Å². The van der Waals surface area contributed by atoms with Crippen LogP contribution in [-0.2, 0) is 0 Å². The highest BCUT2D eigenvalue weighted by Crippen LogP contribution is 2.38. The van der Waals surface area contributed by atoms with Gasteiger partial charge in [-0.15, -0.1) is 0 Å². The van der Waals surface area contributed by atoms with Gasteiger partial charge >= 0.3 is 0 Å². The molecule has 11 aromatic rings. The molecule has 8 aromatic carbocycles. The minimum atomic E-state index is 0.701. The van der Waals surface area contributed by atoms with Crippen LogP contribution in [0.3, 0.4) is 0 Å². The van der Waals surface area contributed by atoms with Crippen LogP contribution in [0.25, 0.3) is 99.5 Å². The van der Waals surface area contributed by atoms with Crippen LogP contribution in [0.5, 0.6) is 0 Å². The van der Waals surface area contributed by atoms with Crippen molar-refractivity contribution in [1.82, 2.24) is 19.1 Å². The normalized spacial score (nSPS) is 11.7. The first-order valence-electron chi connectivity index (χ1n) is 18.3. The molecule has 3 aromatic heterocycles. The van der Waals surface area contributed by atoms with Crippen molar-refractivity contribution in [3.63, 3.8) is 0 Å². The molecule has 0 atom stereocenters. The number of fused-ring (bicyclic) bond motifs is 6. The number of para-hydroxylation sites is 3. The number of benzene rings is 8. The molecule has 3 heterocycles. The summed E-state index contributed by atoms with van der Waals surface area (Å²) in [6.07, 6.45) is 2.16. The Morgan fingerprint density at radius 3 is 1.96 bits per heavy atom. The van der Waals surface area contributed by atoms with Gasteiger partial charge in [-0.05, 0) is 76.5 Å². The van der Waals surface area contributed by atoms with E-state index in [1.54, 1.807) is 0 Å². The fourth-order valence-electron chi connectivity index (χ4n) is 8.18. The maximum absolute atomic E-state index is 5.29. The van der Waals surface area contributed by atoms with Crippen LogP contribution < -0.4 is 0 Å². The van der Waals surface area contributed by atoms with E-state index in [0.717, 1.165) is 50.1 Å². The van der Waals surface area contributed by atoms with Gasteiger partial charge in [-0.2, -0.15) is 0 Å². The first-order valence-corrected chi connectivity index (χ1v) is 18.3. The molecule has 0 N–H and O–H groups in total. The molecule has 4 heteroatoms. The van der Waals surface area contributed by atoms with Crippen molar-refractivity contribution < 1.29 is 0 Å². The number of rotatable bonds is 5. The highest BCUT2D eigenvalue weighted by Gasteiger charge is 2.17. The molecule has 0 aliphatic rings. The maximum atomic E-state index is 5.29. The van der Waals surface area contributed by atoms with E-state index in [2.05, 4.69) is 197 Å². The smallest absolute Gasteiger partial charge is 0.160 e. The minimum Gasteiger partial charge on any atom is -0.317 e. The summed E-state index contributed by atoms with van der Waals surface area (Å²) in [6, 6.07) is 66.9. The second-order valence-corrected chi connectivity index (χ2v) is 13.9. The van der Waals surface area contributed by atoms with Crippen LogP contribution >= 0.6 is 0 Å². The lowest BCUT2D eigenvalue weighted by atomic mass is 9.96. The summed E-state index contributed by atoms with van der Waals surface area (Å²) in [6.45, 7) is 0. The largest absolute Gasteiger partial charge is 0.317 e. The van der Waals surface area contributed by atoms with E-state index < -0.39 is 0 Å². The zero-order valence-electron chi connectivity index (χ0n) is 29.3. The van der Waals surface area contributed by atoms with Crippen LogP contribution in [0.2, 0.25) is 0 Å². The molecule has 0 bridgehead atoms. The maximum Gasteiger partial charge on any atom is 0.160 e. The van der Waals surface area contributed by atoms with Crippen molar-refractivity contribution >= 4 is 54.4 Å². The SMILES string of the molecule is c1ccc(-n2ccc3cc4c(cc32)c2ccccc2n4-c2cccc(-c3nc(-c4ccc(-c5cccc6ccccc56)cc4)c4ccccc4n3)c2)cc1. The van der Waals surface area contributed by atoms with Gasteiger partial charge in [0.25, 0.3) is 0 Å². The molecule has 54 heavy (non-hydrogen) atoms. The second kappa shape index (κ2) is 12.1. The van der Waals surface area contributed by atoms with Crippen molar-refractivity contribution in [2.24, 2.45) is 0 Å². The molecule has 0 spiro atoms. The summed E-state index contributed by atoms with van der Waals surface area (Å²) in [5, 5.41) is 7.15. The molecule has 0 amide bonds. The van der Waals surface area contributed by atoms with Gasteiger partial charge in [0.15, 0.2) is 5.82 Å². The predicted octanol–water partition coefficient (Wildman–Crippen LogP) is 12.8. The van der Waals surface area contributed by atoms with Gasteiger partial charge in [-0.25, -0.2) is 9.97 Å². The Balaban J connectivity index is 1.04. The minimum absolute atomic E-state index is 0.701. The average molecular weight is 689 g/mol. The molecule has 0 saturated heterocycles. The van der Waals surface area contributed by atoms with Gasteiger partial charge in [-0.3, -0.25) is 0 Å². The van der Waals surface area contributed by atoms with E-state index in [-0.39, 0.29) is 0 Å². The lowest BCUT2D eigenvalue weighted by Gasteiger charge is -2.13. The van der Waals surface area contributed by atoms with Crippen molar-refractivity contribution in [2.75, 3.05) is 0 Å². The van der Waals surface area contributed by atoms with Crippen LogP contribution in [0.1, 0.15) is 0 Å². The van der Waals surface area contributed by atoms with Crippen LogP contribution in [0.4, 0.5) is 0 Å². The third-order valence-corrected chi connectivity index (χ3v) is 10.7. The summed E-state index contributed by atoms with van der Waals surface area (Å²) >= 11 is 0. The van der Waals surface area contributed by atoms with E-state index in [0.29, 0.717) is 5.82 Å². The van der Waals surface area contributed by atoms with Gasteiger partial charge in [0.1, 0.15) is 0 Å². The standard InChI is InChI=1S/C50H32N4/c1-2-15-38(16-3-1)53-29-28-36-31-48-44(32-47(36)53)42-19-7-9-23-46(42)54(48)39-17-10-14-37(30-39)50-51-45-22-8-6-20-43(45)49(52-50)35-26-24-34(25-27-35)41-21-11-13-33-12-4-5-18-40(33)41/h1-32H. The van der Waals surface area contributed by atoms with Gasteiger partial charge in [0, 0.05) is 50.2 Å². The zero-order valence-corrected chi connectivity index (χ0v) is 29.3. The second-order valence-electron chi connectivity index (χ2n) is 13.9. The Kier molecular flexibility index (Phi) is 6.82. The van der Waals surface area contributed by atoms with Crippen molar-refractivity contribution in [3.8, 4) is 45.1 Å². The summed E-state index contributed by atoms with van der Waals surface area (Å²) in [5.74, 6) is 0.701. The summed E-state index contributed by atoms with van der Waals surface area (Å²) in [7, 11) is 0. The van der Waals surface area contributed by atoms with E-state index in [9.17, 15) is 0 Å². The molecule has 0 saturated carbocycles. The zero-order chi connectivity index (χ0) is 35.6. The van der Waals surface area contributed by atoms with Gasteiger partial charge in [-0.1, -0.05) is 133 Å². The number of aromatic nitrogens is 4. The molecule has 4 nitrogen and oxygen atoms in total. The average Bonchev–Trinajstić information content (AvgIpc) is 3.81. The quantitative estimate of drug-likeness (QED) is 0.180. The van der Waals surface area contributed by atoms with Crippen LogP contribution in [0.15, 0.2) is 194 Å². The van der Waals surface area contributed by atoms with Crippen molar-refractivity contribution in [1.29, 1.82) is 0 Å². The van der Waals surface area contributed by atoms with Gasteiger partial charge in [0.05, 0.1) is 27.8 Å². The monoisotopic (exact) mass is 688 g/mol. The molecule has 11 rings (SSSR count). The fourth-order valence-corrected chi connectivity index (χ4v) is 8.18. The highest BCUT2D eigenvalue weighted by atomic mass is 15.0. The Morgan fingerprint density at radius 2 is 1.07 bits per heavy atom.